The van der Waals surface area contributed by atoms with Crippen molar-refractivity contribution in [2.45, 2.75) is 12.3 Å². The van der Waals surface area contributed by atoms with Crippen LogP contribution in [0.2, 0.25) is 5.02 Å². The van der Waals surface area contributed by atoms with Gasteiger partial charge >= 0.3 is 0 Å². The number of carbonyl (C=O) groups excluding carboxylic acids is 1. The second-order valence-corrected chi connectivity index (χ2v) is 5.91. The monoisotopic (exact) mass is 314 g/mol. The molecule has 1 atom stereocenters. The summed E-state index contributed by atoms with van der Waals surface area (Å²) in [7, 11) is 0. The zero-order valence-corrected chi connectivity index (χ0v) is 12.6. The summed E-state index contributed by atoms with van der Waals surface area (Å²) >= 11 is 7.26. The average Bonchev–Trinajstić information content (AvgIpc) is 3.02. The molecule has 2 aromatic rings. The lowest BCUT2D eigenvalue weighted by Crippen LogP contribution is -2.14. The summed E-state index contributed by atoms with van der Waals surface area (Å²) in [4.78, 5) is 13.2. The summed E-state index contributed by atoms with van der Waals surface area (Å²) in [5.41, 5.74) is 0.538. The van der Waals surface area contributed by atoms with Crippen molar-refractivity contribution in [1.29, 1.82) is 10.5 Å². The highest BCUT2D eigenvalue weighted by atomic mass is 35.5. The van der Waals surface area contributed by atoms with Crippen molar-refractivity contribution in [2.24, 2.45) is 5.92 Å². The summed E-state index contributed by atoms with van der Waals surface area (Å²) in [6, 6.07) is 14.3. The lowest BCUT2D eigenvalue weighted by atomic mass is 9.87. The maximum absolute atomic E-state index is 12.3. The number of nitrogens with zero attached hydrogens (tertiary/aromatic N) is 2. The molecule has 2 rings (SSSR count). The number of nitriles is 2. The van der Waals surface area contributed by atoms with Gasteiger partial charge in [0.05, 0.1) is 12.1 Å². The van der Waals surface area contributed by atoms with E-state index in [1.807, 2.05) is 29.7 Å². The summed E-state index contributed by atoms with van der Waals surface area (Å²) < 4.78 is 0. The topological polar surface area (TPSA) is 64.7 Å². The maximum Gasteiger partial charge on any atom is 0.163 e. The lowest BCUT2D eigenvalue weighted by Gasteiger charge is -2.15. The first kappa shape index (κ1) is 15.3. The van der Waals surface area contributed by atoms with E-state index in [1.54, 1.807) is 24.3 Å². The second-order valence-electron chi connectivity index (χ2n) is 4.49. The van der Waals surface area contributed by atoms with Crippen LogP contribution in [0, 0.1) is 28.6 Å². The molecule has 0 fully saturated rings. The fourth-order valence-electron chi connectivity index (χ4n) is 2.05. The quantitative estimate of drug-likeness (QED) is 0.767. The van der Waals surface area contributed by atoms with E-state index >= 15 is 0 Å². The summed E-state index contributed by atoms with van der Waals surface area (Å²) in [5, 5.41) is 20.7. The Morgan fingerprint density at radius 1 is 1.19 bits per heavy atom. The Bertz CT molecular complexity index is 681. The molecule has 3 nitrogen and oxygen atoms in total. The van der Waals surface area contributed by atoms with E-state index in [0.29, 0.717) is 10.6 Å². The molecule has 0 aliphatic carbocycles. The van der Waals surface area contributed by atoms with Crippen molar-refractivity contribution >= 4 is 28.7 Å². The molecule has 0 N–H and O–H groups in total. The highest BCUT2D eigenvalue weighted by molar-refractivity contribution is 7.10. The van der Waals surface area contributed by atoms with Crippen LogP contribution >= 0.6 is 22.9 Å². The number of rotatable bonds is 5. The fourth-order valence-corrected chi connectivity index (χ4v) is 3.04. The Morgan fingerprint density at radius 2 is 1.86 bits per heavy atom. The van der Waals surface area contributed by atoms with Crippen LogP contribution in [0.3, 0.4) is 0 Å². The molecule has 1 unspecified atom stereocenters. The van der Waals surface area contributed by atoms with Gasteiger partial charge in [-0.15, -0.1) is 11.3 Å². The van der Waals surface area contributed by atoms with Crippen LogP contribution < -0.4 is 0 Å². The lowest BCUT2D eigenvalue weighted by molar-refractivity contribution is 0.0971. The third-order valence-corrected chi connectivity index (χ3v) is 4.42. The molecule has 5 heteroatoms. The van der Waals surface area contributed by atoms with Gasteiger partial charge in [-0.05, 0) is 35.7 Å². The van der Waals surface area contributed by atoms with Crippen molar-refractivity contribution < 1.29 is 4.79 Å². The molecule has 0 bridgehead atoms. The minimum absolute atomic E-state index is 0.0967. The molecular formula is C16H11ClN2OS. The van der Waals surface area contributed by atoms with E-state index in [9.17, 15) is 4.79 Å². The molecule has 1 aromatic carbocycles. The van der Waals surface area contributed by atoms with Gasteiger partial charge in [-0.1, -0.05) is 17.7 Å². The molecule has 104 valence electrons. The van der Waals surface area contributed by atoms with Gasteiger partial charge in [-0.25, -0.2) is 0 Å². The van der Waals surface area contributed by atoms with Crippen LogP contribution in [-0.4, -0.2) is 5.78 Å². The van der Waals surface area contributed by atoms with Crippen molar-refractivity contribution in [3.05, 3.63) is 57.2 Å². The van der Waals surface area contributed by atoms with Crippen LogP contribution in [-0.2, 0) is 0 Å². The molecule has 1 aromatic heterocycles. The number of ketones is 1. The smallest absolute Gasteiger partial charge is 0.163 e. The van der Waals surface area contributed by atoms with Gasteiger partial charge in [0.25, 0.3) is 0 Å². The van der Waals surface area contributed by atoms with E-state index in [2.05, 4.69) is 0 Å². The van der Waals surface area contributed by atoms with Gasteiger partial charge in [-0.2, -0.15) is 10.5 Å². The Hall–Kier alpha value is -2.14. The molecule has 0 aliphatic rings. The molecule has 0 radical (unpaired) electrons. The van der Waals surface area contributed by atoms with Gasteiger partial charge in [-0.3, -0.25) is 4.79 Å². The van der Waals surface area contributed by atoms with Crippen molar-refractivity contribution in [3.8, 4) is 12.1 Å². The van der Waals surface area contributed by atoms with Crippen molar-refractivity contribution in [3.63, 3.8) is 0 Å². The Balaban J connectivity index is 2.24. The standard InChI is InChI=1S/C16H11ClN2OS/c17-13-5-3-11(4-6-13)15(20)8-14(12(9-18)10-19)16-2-1-7-21-16/h1-7,12,14H,8H2. The number of carbonyl (C=O) groups is 1. The Labute approximate surface area is 132 Å². The second kappa shape index (κ2) is 7.04. The Kier molecular flexibility index (Phi) is 5.11. The van der Waals surface area contributed by atoms with E-state index < -0.39 is 11.8 Å². The molecule has 0 saturated heterocycles. The molecular weight excluding hydrogens is 304 g/mol. The van der Waals surface area contributed by atoms with Crippen LogP contribution in [0.15, 0.2) is 41.8 Å². The first-order chi connectivity index (χ1) is 10.2. The van der Waals surface area contributed by atoms with Gasteiger partial charge in [0.2, 0.25) is 0 Å². The predicted molar refractivity (Wildman–Crippen MR) is 82.2 cm³/mol. The van der Waals surface area contributed by atoms with E-state index in [4.69, 9.17) is 22.1 Å². The number of Topliss-reactive ketones (excluding diaryl/α,β-unsaturated/α-hetero) is 1. The zero-order valence-electron chi connectivity index (χ0n) is 11.0. The maximum atomic E-state index is 12.3. The normalized spacial score (nSPS) is 11.6. The summed E-state index contributed by atoms with van der Waals surface area (Å²) in [6.07, 6.45) is 0.133. The zero-order chi connectivity index (χ0) is 15.2. The largest absolute Gasteiger partial charge is 0.294 e. The number of thiophene rings is 1. The molecule has 0 saturated carbocycles. The molecule has 0 aliphatic heterocycles. The Morgan fingerprint density at radius 3 is 2.38 bits per heavy atom. The summed E-state index contributed by atoms with van der Waals surface area (Å²) in [5.74, 6) is -1.33. The molecule has 21 heavy (non-hydrogen) atoms. The van der Waals surface area contributed by atoms with E-state index in [-0.39, 0.29) is 12.2 Å². The average molecular weight is 315 g/mol. The van der Waals surface area contributed by atoms with E-state index in [0.717, 1.165) is 4.88 Å². The number of hydrogen-bond donors (Lipinski definition) is 0. The van der Waals surface area contributed by atoms with Crippen LogP contribution in [0.1, 0.15) is 27.6 Å². The third kappa shape index (κ3) is 3.70. The first-order valence-electron chi connectivity index (χ1n) is 6.27. The predicted octanol–water partition coefficient (Wildman–Crippen LogP) is 4.42. The third-order valence-electron chi connectivity index (χ3n) is 3.16. The molecule has 0 spiro atoms. The van der Waals surface area contributed by atoms with Gasteiger partial charge in [0.1, 0.15) is 5.92 Å². The highest BCUT2D eigenvalue weighted by Gasteiger charge is 2.27. The van der Waals surface area contributed by atoms with Crippen molar-refractivity contribution in [1.82, 2.24) is 0 Å². The molecule has 0 amide bonds. The van der Waals surface area contributed by atoms with Crippen molar-refractivity contribution in [2.75, 3.05) is 0 Å². The number of halogens is 1. The van der Waals surface area contributed by atoms with Crippen LogP contribution in [0.25, 0.3) is 0 Å². The van der Waals surface area contributed by atoms with Gasteiger partial charge in [0.15, 0.2) is 5.78 Å². The fraction of sp³-hybridized carbons (Fsp3) is 0.188. The SMILES string of the molecule is N#CC(C#N)C(CC(=O)c1ccc(Cl)cc1)c1cccs1. The minimum Gasteiger partial charge on any atom is -0.294 e. The van der Waals surface area contributed by atoms with E-state index in [1.165, 1.54) is 11.3 Å². The van der Waals surface area contributed by atoms with Crippen LogP contribution in [0.5, 0.6) is 0 Å². The first-order valence-corrected chi connectivity index (χ1v) is 7.53. The van der Waals surface area contributed by atoms with Gasteiger partial charge in [0, 0.05) is 27.8 Å². The highest BCUT2D eigenvalue weighted by Crippen LogP contribution is 2.32. The number of benzene rings is 1. The minimum atomic E-state index is -0.833. The van der Waals surface area contributed by atoms with Gasteiger partial charge < -0.3 is 0 Å². The van der Waals surface area contributed by atoms with Crippen LogP contribution in [0.4, 0.5) is 0 Å². The number of hydrogen-bond acceptors (Lipinski definition) is 4. The molecule has 1 heterocycles. The summed E-state index contributed by atoms with van der Waals surface area (Å²) in [6.45, 7) is 0.